The molecule has 0 aromatic heterocycles. The van der Waals surface area contributed by atoms with Gasteiger partial charge in [-0.05, 0) is 97.7 Å². The van der Waals surface area contributed by atoms with Crippen LogP contribution in [0, 0.1) is 0 Å². The highest BCUT2D eigenvalue weighted by Gasteiger charge is 2.35. The van der Waals surface area contributed by atoms with Gasteiger partial charge in [-0.15, -0.1) is 0 Å². The molecule has 5 nitrogen and oxygen atoms in total. The van der Waals surface area contributed by atoms with Gasteiger partial charge in [0.2, 0.25) is 0 Å². The fourth-order valence-electron chi connectivity index (χ4n) is 3.24. The Bertz CT molecular complexity index is 1370. The number of hydrogen-bond acceptors (Lipinski definition) is 4. The first-order valence-electron chi connectivity index (χ1n) is 9.87. The Kier molecular flexibility index (Phi) is 8.20. The standard InChI is InChI=1S/C24H13Br2Cl3N2O3S/c25-16-9-13(10-17(26)21(16)34-11-12-4-6-14(27)7-5-12)8-15-22(32)30-24(35)31(23(15)33)19-3-1-2-18(28)20(19)29/h1-10H,11H2,(H,30,32,35)/b15-8+. The van der Waals surface area contributed by atoms with E-state index in [2.05, 4.69) is 37.2 Å². The molecule has 1 saturated heterocycles. The van der Waals surface area contributed by atoms with Crippen molar-refractivity contribution >= 4 is 108 Å². The topological polar surface area (TPSA) is 58.6 Å². The number of thiocarbonyl (C=S) groups is 1. The largest absolute Gasteiger partial charge is 0.487 e. The van der Waals surface area contributed by atoms with Crippen molar-refractivity contribution in [3.63, 3.8) is 0 Å². The summed E-state index contributed by atoms with van der Waals surface area (Å²) in [7, 11) is 0. The van der Waals surface area contributed by atoms with Crippen LogP contribution in [-0.2, 0) is 16.2 Å². The van der Waals surface area contributed by atoms with Crippen molar-refractivity contribution in [2.45, 2.75) is 6.61 Å². The maximum Gasteiger partial charge on any atom is 0.270 e. The van der Waals surface area contributed by atoms with E-state index in [1.54, 1.807) is 42.5 Å². The quantitative estimate of drug-likeness (QED) is 0.172. The summed E-state index contributed by atoms with van der Waals surface area (Å²) in [6.45, 7) is 0.322. The minimum absolute atomic E-state index is 0.0883. The molecule has 3 aromatic carbocycles. The Balaban J connectivity index is 1.63. The van der Waals surface area contributed by atoms with Crippen LogP contribution in [0.3, 0.4) is 0 Å². The average Bonchev–Trinajstić information content (AvgIpc) is 2.80. The van der Waals surface area contributed by atoms with Crippen molar-refractivity contribution in [2.75, 3.05) is 4.90 Å². The number of hydrogen-bond donors (Lipinski definition) is 1. The molecule has 0 saturated carbocycles. The molecule has 35 heavy (non-hydrogen) atoms. The lowest BCUT2D eigenvalue weighted by Crippen LogP contribution is -2.54. The van der Waals surface area contributed by atoms with Gasteiger partial charge in [-0.1, -0.05) is 53.0 Å². The molecule has 1 N–H and O–H groups in total. The molecule has 3 aromatic rings. The monoisotopic (exact) mass is 672 g/mol. The lowest BCUT2D eigenvalue weighted by Gasteiger charge is -2.29. The predicted molar refractivity (Wildman–Crippen MR) is 150 cm³/mol. The zero-order valence-electron chi connectivity index (χ0n) is 17.5. The van der Waals surface area contributed by atoms with E-state index in [0.29, 0.717) is 31.9 Å². The number of carbonyl (C=O) groups is 2. The third-order valence-corrected chi connectivity index (χ3v) is 7.43. The summed E-state index contributed by atoms with van der Waals surface area (Å²) >= 11 is 30.5. The zero-order chi connectivity index (χ0) is 25.3. The Labute approximate surface area is 238 Å². The smallest absolute Gasteiger partial charge is 0.270 e. The van der Waals surface area contributed by atoms with Crippen LogP contribution in [0.4, 0.5) is 5.69 Å². The molecule has 0 spiro atoms. The number of carbonyl (C=O) groups excluding carboxylic acids is 2. The number of amides is 2. The lowest BCUT2D eigenvalue weighted by atomic mass is 10.1. The number of nitrogens with zero attached hydrogens (tertiary/aromatic N) is 1. The van der Waals surface area contributed by atoms with Crippen LogP contribution < -0.4 is 15.0 Å². The van der Waals surface area contributed by atoms with Gasteiger partial charge in [0.05, 0.1) is 24.7 Å². The van der Waals surface area contributed by atoms with E-state index >= 15 is 0 Å². The zero-order valence-corrected chi connectivity index (χ0v) is 23.7. The molecule has 11 heteroatoms. The van der Waals surface area contributed by atoms with E-state index in [0.717, 1.165) is 10.5 Å². The minimum Gasteiger partial charge on any atom is -0.487 e. The van der Waals surface area contributed by atoms with Crippen molar-refractivity contribution in [2.24, 2.45) is 0 Å². The van der Waals surface area contributed by atoms with E-state index in [9.17, 15) is 9.59 Å². The Morgan fingerprint density at radius 1 is 1.00 bits per heavy atom. The Hall–Kier alpha value is -1.94. The second-order valence-electron chi connectivity index (χ2n) is 7.26. The normalized spacial score (nSPS) is 14.9. The van der Waals surface area contributed by atoms with Crippen molar-refractivity contribution in [1.82, 2.24) is 5.32 Å². The Morgan fingerprint density at radius 3 is 2.31 bits per heavy atom. The molecule has 4 rings (SSSR count). The van der Waals surface area contributed by atoms with Gasteiger partial charge >= 0.3 is 0 Å². The molecule has 1 aliphatic rings. The van der Waals surface area contributed by atoms with Crippen LogP contribution in [-0.4, -0.2) is 16.9 Å². The average molecular weight is 676 g/mol. The summed E-state index contributed by atoms with van der Waals surface area (Å²) in [4.78, 5) is 27.1. The highest BCUT2D eigenvalue weighted by Crippen LogP contribution is 2.37. The summed E-state index contributed by atoms with van der Waals surface area (Å²) in [5.74, 6) is -0.682. The fraction of sp³-hybridized carbons (Fsp3) is 0.0417. The SMILES string of the molecule is O=C1NC(=S)N(c2cccc(Cl)c2Cl)C(=O)/C1=C/c1cc(Br)c(OCc2ccc(Cl)cc2)c(Br)c1. The summed E-state index contributed by atoms with van der Waals surface area (Å²) in [6.07, 6.45) is 1.46. The lowest BCUT2D eigenvalue weighted by molar-refractivity contribution is -0.122. The molecule has 1 heterocycles. The first-order chi connectivity index (χ1) is 16.7. The van der Waals surface area contributed by atoms with E-state index < -0.39 is 11.8 Å². The second-order valence-corrected chi connectivity index (χ2v) is 10.6. The molecule has 0 unspecified atom stereocenters. The highest BCUT2D eigenvalue weighted by molar-refractivity contribution is 9.11. The van der Waals surface area contributed by atoms with Crippen LogP contribution >= 0.6 is 78.9 Å². The van der Waals surface area contributed by atoms with E-state index in [1.807, 2.05) is 12.1 Å². The summed E-state index contributed by atoms with van der Waals surface area (Å²) in [5, 5.41) is 3.49. The predicted octanol–water partition coefficient (Wildman–Crippen LogP) is 7.58. The molecule has 1 aliphatic heterocycles. The molecule has 1 fully saturated rings. The van der Waals surface area contributed by atoms with Gasteiger partial charge in [-0.2, -0.15) is 0 Å². The van der Waals surface area contributed by atoms with Crippen molar-refractivity contribution < 1.29 is 14.3 Å². The van der Waals surface area contributed by atoms with Gasteiger partial charge in [0, 0.05) is 5.02 Å². The molecular weight excluding hydrogens is 663 g/mol. The number of rotatable bonds is 5. The molecule has 0 aliphatic carbocycles. The third-order valence-electron chi connectivity index (χ3n) is 4.90. The maximum absolute atomic E-state index is 13.3. The van der Waals surface area contributed by atoms with Gasteiger partial charge in [-0.3, -0.25) is 19.8 Å². The van der Waals surface area contributed by atoms with E-state index in [-0.39, 0.29) is 26.4 Å². The van der Waals surface area contributed by atoms with Crippen LogP contribution in [0.2, 0.25) is 15.1 Å². The van der Waals surface area contributed by atoms with Crippen LogP contribution in [0.15, 0.2) is 69.1 Å². The van der Waals surface area contributed by atoms with E-state index in [4.69, 9.17) is 51.8 Å². The maximum atomic E-state index is 13.3. The molecule has 0 bridgehead atoms. The number of benzene rings is 3. The van der Waals surface area contributed by atoms with Crippen molar-refractivity contribution in [1.29, 1.82) is 0 Å². The summed E-state index contributed by atoms with van der Waals surface area (Å²) in [5.41, 5.74) is 1.67. The van der Waals surface area contributed by atoms with Crippen molar-refractivity contribution in [3.8, 4) is 5.75 Å². The van der Waals surface area contributed by atoms with Crippen LogP contribution in [0.1, 0.15) is 11.1 Å². The van der Waals surface area contributed by atoms with Gasteiger partial charge in [0.25, 0.3) is 11.8 Å². The van der Waals surface area contributed by atoms with Gasteiger partial charge < -0.3 is 4.74 Å². The van der Waals surface area contributed by atoms with Crippen molar-refractivity contribution in [3.05, 3.63) is 95.3 Å². The number of ether oxygens (including phenoxy) is 1. The summed E-state index contributed by atoms with van der Waals surface area (Å²) in [6, 6.07) is 15.6. The van der Waals surface area contributed by atoms with Gasteiger partial charge in [0.15, 0.2) is 5.11 Å². The molecule has 0 radical (unpaired) electrons. The first kappa shape index (κ1) is 26.1. The van der Waals surface area contributed by atoms with Crippen LogP contribution in [0.5, 0.6) is 5.75 Å². The second kappa shape index (κ2) is 11.0. The molecule has 178 valence electrons. The molecular formula is C24H13Br2Cl3N2O3S. The highest BCUT2D eigenvalue weighted by atomic mass is 79.9. The molecule has 2 amide bonds. The first-order valence-corrected chi connectivity index (χ1v) is 13.0. The third kappa shape index (κ3) is 5.74. The molecule has 0 atom stereocenters. The summed E-state index contributed by atoms with van der Waals surface area (Å²) < 4.78 is 7.19. The fourth-order valence-corrected chi connectivity index (χ4v) is 5.48. The number of nitrogens with one attached hydrogen (secondary N) is 1. The number of halogens is 5. The minimum atomic E-state index is -0.627. The Morgan fingerprint density at radius 2 is 1.66 bits per heavy atom. The number of anilines is 1. The van der Waals surface area contributed by atoms with Gasteiger partial charge in [-0.25, -0.2) is 0 Å². The van der Waals surface area contributed by atoms with E-state index in [1.165, 1.54) is 6.08 Å². The van der Waals surface area contributed by atoms with Gasteiger partial charge in [0.1, 0.15) is 17.9 Å². The van der Waals surface area contributed by atoms with Crippen LogP contribution in [0.25, 0.3) is 6.08 Å².